The van der Waals surface area contributed by atoms with Crippen LogP contribution >= 0.6 is 0 Å². The number of hydrogen-bond acceptors (Lipinski definition) is 2. The van der Waals surface area contributed by atoms with Crippen molar-refractivity contribution in [2.75, 3.05) is 18.4 Å². The Morgan fingerprint density at radius 1 is 1.50 bits per heavy atom. The Bertz CT molecular complexity index is 319. The first-order valence-electron chi connectivity index (χ1n) is 4.99. The number of hydrogen-bond donors (Lipinski definition) is 2. The van der Waals surface area contributed by atoms with Crippen molar-refractivity contribution in [3.63, 3.8) is 0 Å². The lowest BCUT2D eigenvalue weighted by Crippen LogP contribution is -2.22. The number of anilines is 1. The van der Waals surface area contributed by atoms with E-state index in [0.29, 0.717) is 11.6 Å². The Morgan fingerprint density at radius 2 is 2.36 bits per heavy atom. The van der Waals surface area contributed by atoms with Crippen molar-refractivity contribution in [1.29, 1.82) is 0 Å². The van der Waals surface area contributed by atoms with E-state index in [1.165, 1.54) is 6.07 Å². The molecule has 0 amide bonds. The minimum atomic E-state index is -0.139. The normalized spacial score (nSPS) is 21.1. The monoisotopic (exact) mass is 194 g/mol. The van der Waals surface area contributed by atoms with Crippen molar-refractivity contribution in [3.8, 4) is 0 Å². The molecule has 0 bridgehead atoms. The summed E-state index contributed by atoms with van der Waals surface area (Å²) in [6.45, 7) is 3.85. The van der Waals surface area contributed by atoms with Crippen molar-refractivity contribution in [3.05, 3.63) is 29.6 Å². The molecule has 0 spiro atoms. The summed E-state index contributed by atoms with van der Waals surface area (Å²) in [4.78, 5) is 0. The smallest absolute Gasteiger partial charge is 0.126 e. The van der Waals surface area contributed by atoms with Crippen LogP contribution in [0, 0.1) is 12.7 Å². The summed E-state index contributed by atoms with van der Waals surface area (Å²) >= 11 is 0. The molecule has 0 radical (unpaired) electrons. The molecule has 1 saturated heterocycles. The van der Waals surface area contributed by atoms with Gasteiger partial charge in [-0.15, -0.1) is 0 Å². The van der Waals surface area contributed by atoms with Gasteiger partial charge in [-0.25, -0.2) is 4.39 Å². The molecule has 1 heterocycles. The lowest BCUT2D eigenvalue weighted by atomic mass is 10.2. The second-order valence-electron chi connectivity index (χ2n) is 3.80. The second-order valence-corrected chi connectivity index (χ2v) is 3.80. The molecule has 1 fully saturated rings. The van der Waals surface area contributed by atoms with Gasteiger partial charge < -0.3 is 10.6 Å². The number of nitrogens with one attached hydrogen (secondary N) is 2. The molecule has 14 heavy (non-hydrogen) atoms. The van der Waals surface area contributed by atoms with Crippen LogP contribution in [0.25, 0.3) is 0 Å². The number of rotatable bonds is 2. The maximum atomic E-state index is 13.0. The summed E-state index contributed by atoms with van der Waals surface area (Å²) in [5, 5.41) is 6.66. The minimum Gasteiger partial charge on any atom is -0.381 e. The molecule has 2 nitrogen and oxygen atoms in total. The van der Waals surface area contributed by atoms with Gasteiger partial charge in [0.15, 0.2) is 0 Å². The Morgan fingerprint density at radius 3 is 3.00 bits per heavy atom. The molecule has 0 saturated carbocycles. The van der Waals surface area contributed by atoms with Crippen LogP contribution in [-0.4, -0.2) is 19.1 Å². The van der Waals surface area contributed by atoms with Crippen LogP contribution in [0.3, 0.4) is 0 Å². The van der Waals surface area contributed by atoms with Crippen LogP contribution in [0.2, 0.25) is 0 Å². The van der Waals surface area contributed by atoms with Gasteiger partial charge in [0.05, 0.1) is 0 Å². The Balaban J connectivity index is 2.05. The van der Waals surface area contributed by atoms with Crippen molar-refractivity contribution in [2.45, 2.75) is 19.4 Å². The third-order valence-electron chi connectivity index (χ3n) is 2.59. The molecule has 1 unspecified atom stereocenters. The molecule has 1 aliphatic heterocycles. The van der Waals surface area contributed by atoms with E-state index in [2.05, 4.69) is 10.6 Å². The van der Waals surface area contributed by atoms with Crippen molar-refractivity contribution >= 4 is 5.69 Å². The average Bonchev–Trinajstić information content (AvgIpc) is 2.64. The molecule has 1 aromatic rings. The summed E-state index contributed by atoms with van der Waals surface area (Å²) < 4.78 is 13.0. The zero-order valence-electron chi connectivity index (χ0n) is 8.31. The van der Waals surface area contributed by atoms with Gasteiger partial charge in [-0.2, -0.15) is 0 Å². The molecule has 2 N–H and O–H groups in total. The van der Waals surface area contributed by atoms with E-state index in [-0.39, 0.29) is 5.82 Å². The van der Waals surface area contributed by atoms with E-state index in [0.717, 1.165) is 25.2 Å². The molecule has 1 aromatic carbocycles. The summed E-state index contributed by atoms with van der Waals surface area (Å²) in [7, 11) is 0. The van der Waals surface area contributed by atoms with Gasteiger partial charge in [0, 0.05) is 18.3 Å². The topological polar surface area (TPSA) is 24.1 Å². The maximum absolute atomic E-state index is 13.0. The zero-order valence-corrected chi connectivity index (χ0v) is 8.31. The van der Waals surface area contributed by atoms with Gasteiger partial charge in [-0.05, 0) is 43.7 Å². The SMILES string of the molecule is Cc1cc(NC2CCNC2)ccc1F. The zero-order chi connectivity index (χ0) is 9.97. The molecule has 1 aliphatic rings. The van der Waals surface area contributed by atoms with Crippen molar-refractivity contribution in [1.82, 2.24) is 5.32 Å². The highest BCUT2D eigenvalue weighted by Crippen LogP contribution is 2.15. The molecule has 2 rings (SSSR count). The van der Waals surface area contributed by atoms with E-state index >= 15 is 0 Å². The standard InChI is InChI=1S/C11H15FN2/c1-8-6-9(2-3-11(8)12)14-10-4-5-13-7-10/h2-3,6,10,13-14H,4-5,7H2,1H3. The van der Waals surface area contributed by atoms with Gasteiger partial charge in [0.2, 0.25) is 0 Å². The van der Waals surface area contributed by atoms with Crippen LogP contribution in [-0.2, 0) is 0 Å². The lowest BCUT2D eigenvalue weighted by molar-refractivity contribution is 0.618. The van der Waals surface area contributed by atoms with E-state index < -0.39 is 0 Å². The highest BCUT2D eigenvalue weighted by Gasteiger charge is 2.13. The summed E-state index contributed by atoms with van der Waals surface area (Å²) in [6.07, 6.45) is 1.14. The second kappa shape index (κ2) is 3.96. The molecule has 76 valence electrons. The first kappa shape index (κ1) is 9.46. The molecule has 3 heteroatoms. The third-order valence-corrected chi connectivity index (χ3v) is 2.59. The van der Waals surface area contributed by atoms with Gasteiger partial charge in [0.1, 0.15) is 5.82 Å². The first-order chi connectivity index (χ1) is 6.75. The predicted octanol–water partition coefficient (Wildman–Crippen LogP) is 1.91. The first-order valence-corrected chi connectivity index (χ1v) is 4.99. The van der Waals surface area contributed by atoms with Gasteiger partial charge in [-0.3, -0.25) is 0 Å². The Hall–Kier alpha value is -1.09. The van der Waals surface area contributed by atoms with E-state index in [1.54, 1.807) is 13.0 Å². The molecule has 0 aliphatic carbocycles. The molecular weight excluding hydrogens is 179 g/mol. The van der Waals surface area contributed by atoms with E-state index in [1.807, 2.05) is 6.07 Å². The third kappa shape index (κ3) is 2.04. The number of aryl methyl sites for hydroxylation is 1. The molecular formula is C11H15FN2. The molecule has 0 aromatic heterocycles. The number of benzene rings is 1. The van der Waals surface area contributed by atoms with Gasteiger partial charge in [-0.1, -0.05) is 0 Å². The fraction of sp³-hybridized carbons (Fsp3) is 0.455. The van der Waals surface area contributed by atoms with Crippen LogP contribution < -0.4 is 10.6 Å². The lowest BCUT2D eigenvalue weighted by Gasteiger charge is -2.13. The minimum absolute atomic E-state index is 0.139. The van der Waals surface area contributed by atoms with Gasteiger partial charge >= 0.3 is 0 Å². The van der Waals surface area contributed by atoms with Crippen LogP contribution in [0.1, 0.15) is 12.0 Å². The summed E-state index contributed by atoms with van der Waals surface area (Å²) in [6, 6.07) is 5.65. The Kier molecular flexibility index (Phi) is 2.68. The fourth-order valence-electron chi connectivity index (χ4n) is 1.75. The van der Waals surface area contributed by atoms with Crippen molar-refractivity contribution < 1.29 is 4.39 Å². The fourth-order valence-corrected chi connectivity index (χ4v) is 1.75. The van der Waals surface area contributed by atoms with Gasteiger partial charge in [0.25, 0.3) is 0 Å². The predicted molar refractivity (Wildman–Crippen MR) is 56.0 cm³/mol. The molecule has 1 atom stereocenters. The Labute approximate surface area is 83.5 Å². The highest BCUT2D eigenvalue weighted by atomic mass is 19.1. The van der Waals surface area contributed by atoms with Crippen molar-refractivity contribution in [2.24, 2.45) is 0 Å². The largest absolute Gasteiger partial charge is 0.381 e. The highest BCUT2D eigenvalue weighted by molar-refractivity contribution is 5.46. The average molecular weight is 194 g/mol. The van der Waals surface area contributed by atoms with Crippen LogP contribution in [0.15, 0.2) is 18.2 Å². The van der Waals surface area contributed by atoms with E-state index in [9.17, 15) is 4.39 Å². The van der Waals surface area contributed by atoms with Crippen LogP contribution in [0.5, 0.6) is 0 Å². The summed E-state index contributed by atoms with van der Waals surface area (Å²) in [5.74, 6) is -0.139. The van der Waals surface area contributed by atoms with Crippen LogP contribution in [0.4, 0.5) is 10.1 Å². The van der Waals surface area contributed by atoms with E-state index in [4.69, 9.17) is 0 Å². The maximum Gasteiger partial charge on any atom is 0.126 e. The quantitative estimate of drug-likeness (QED) is 0.751. The summed E-state index contributed by atoms with van der Waals surface area (Å²) in [5.41, 5.74) is 1.71. The number of halogens is 1.